The van der Waals surface area contributed by atoms with Crippen LogP contribution in [0.25, 0.3) is 97.7 Å². The molecule has 0 aliphatic rings. The maximum absolute atomic E-state index is 2.43. The minimum Gasteiger partial charge on any atom is -0.0616 e. The Hall–Kier alpha value is -5.98. The number of rotatable bonds is 2. The lowest BCUT2D eigenvalue weighted by molar-refractivity contribution is 1.66. The van der Waals surface area contributed by atoms with E-state index in [0.717, 1.165) is 0 Å². The van der Waals surface area contributed by atoms with Crippen molar-refractivity contribution in [3.05, 3.63) is 170 Å². The summed E-state index contributed by atoms with van der Waals surface area (Å²) in [6, 6.07) is 62.9. The highest BCUT2D eigenvalue weighted by Gasteiger charge is 2.16. The van der Waals surface area contributed by atoms with E-state index in [2.05, 4.69) is 170 Å². The van der Waals surface area contributed by atoms with Gasteiger partial charge in [-0.15, -0.1) is 0 Å². The lowest BCUT2D eigenvalue weighted by Gasteiger charge is -2.17. The van der Waals surface area contributed by atoms with Gasteiger partial charge in [0.1, 0.15) is 0 Å². The Bertz CT molecular complexity index is 2840. The zero-order chi connectivity index (χ0) is 30.2. The Morgan fingerprint density at radius 1 is 0.196 bits per heavy atom. The molecule has 0 nitrogen and oxygen atoms in total. The van der Waals surface area contributed by atoms with Crippen LogP contribution < -0.4 is 0 Å². The smallest absolute Gasteiger partial charge is 0.00137 e. The average molecular weight is 581 g/mol. The highest BCUT2D eigenvalue weighted by atomic mass is 14.2. The molecular formula is C46H28. The third kappa shape index (κ3) is 3.74. The second kappa shape index (κ2) is 9.76. The van der Waals surface area contributed by atoms with Gasteiger partial charge in [-0.25, -0.2) is 0 Å². The van der Waals surface area contributed by atoms with E-state index in [4.69, 9.17) is 0 Å². The van der Waals surface area contributed by atoms with Gasteiger partial charge in [0.2, 0.25) is 0 Å². The third-order valence-electron chi connectivity index (χ3n) is 9.96. The minimum atomic E-state index is 1.23. The van der Waals surface area contributed by atoms with E-state index in [9.17, 15) is 0 Å². The van der Waals surface area contributed by atoms with Crippen LogP contribution in [0.4, 0.5) is 0 Å². The van der Waals surface area contributed by atoms with Gasteiger partial charge in [-0.05, 0) is 122 Å². The molecule has 0 bridgehead atoms. The molecule has 0 saturated heterocycles. The van der Waals surface area contributed by atoms with Crippen LogP contribution in [0.3, 0.4) is 0 Å². The molecule has 0 heteroatoms. The SMILES string of the molecule is c1ccc2cc(-c3ccc4ccc(-c5ccc6c7ccccc7c7c8ccccc8c8ccccc8c7c6c5)cc4c3)ccc2c1. The molecule has 0 aromatic heterocycles. The zero-order valence-corrected chi connectivity index (χ0v) is 25.2. The Labute approximate surface area is 266 Å². The van der Waals surface area contributed by atoms with Crippen molar-refractivity contribution < 1.29 is 0 Å². The molecule has 10 aromatic rings. The van der Waals surface area contributed by atoms with Crippen LogP contribution in [-0.4, -0.2) is 0 Å². The normalized spacial score (nSPS) is 11.9. The van der Waals surface area contributed by atoms with Crippen molar-refractivity contribution in [1.29, 1.82) is 0 Å². The summed E-state index contributed by atoms with van der Waals surface area (Å²) in [5.41, 5.74) is 4.95. The molecule has 0 spiro atoms. The molecular weight excluding hydrogens is 553 g/mol. The summed E-state index contributed by atoms with van der Waals surface area (Å²) >= 11 is 0. The second-order valence-corrected chi connectivity index (χ2v) is 12.5. The molecule has 0 aliphatic carbocycles. The van der Waals surface area contributed by atoms with Crippen molar-refractivity contribution in [1.82, 2.24) is 0 Å². The molecule has 0 saturated carbocycles. The van der Waals surface area contributed by atoms with Crippen LogP contribution in [0.1, 0.15) is 0 Å². The Balaban J connectivity index is 1.23. The standard InChI is InChI=1S/C46H28/c1-2-10-31-25-32(20-17-29(31)9-1)33-21-18-30-19-22-34(27-36(30)26-33)35-23-24-40-39-13-5-7-15-42(39)45-41-14-6-3-11-37(41)38-12-4-8-16-43(38)46(45)44(40)28-35/h1-28H. The van der Waals surface area contributed by atoms with E-state index >= 15 is 0 Å². The van der Waals surface area contributed by atoms with Crippen molar-refractivity contribution >= 4 is 75.4 Å². The van der Waals surface area contributed by atoms with Crippen LogP contribution in [0.15, 0.2) is 170 Å². The molecule has 0 N–H and O–H groups in total. The quantitative estimate of drug-likeness (QED) is 0.178. The van der Waals surface area contributed by atoms with Gasteiger partial charge in [-0.2, -0.15) is 0 Å². The highest BCUT2D eigenvalue weighted by Crippen LogP contribution is 2.44. The van der Waals surface area contributed by atoms with Crippen LogP contribution >= 0.6 is 0 Å². The van der Waals surface area contributed by atoms with E-state index in [1.807, 2.05) is 0 Å². The van der Waals surface area contributed by atoms with Gasteiger partial charge in [0.15, 0.2) is 0 Å². The highest BCUT2D eigenvalue weighted by molar-refractivity contribution is 6.39. The van der Waals surface area contributed by atoms with E-state index in [-0.39, 0.29) is 0 Å². The van der Waals surface area contributed by atoms with Crippen LogP contribution in [-0.2, 0) is 0 Å². The fourth-order valence-electron chi connectivity index (χ4n) is 7.78. The topological polar surface area (TPSA) is 0 Å². The van der Waals surface area contributed by atoms with Crippen molar-refractivity contribution in [3.63, 3.8) is 0 Å². The minimum absolute atomic E-state index is 1.23. The van der Waals surface area contributed by atoms with Gasteiger partial charge in [-0.1, -0.05) is 146 Å². The summed E-state index contributed by atoms with van der Waals surface area (Å²) in [4.78, 5) is 0. The molecule has 0 amide bonds. The maximum atomic E-state index is 2.43. The fourth-order valence-corrected chi connectivity index (χ4v) is 7.78. The molecule has 0 heterocycles. The molecule has 10 aromatic carbocycles. The molecule has 0 radical (unpaired) electrons. The van der Waals surface area contributed by atoms with E-state index in [0.29, 0.717) is 0 Å². The molecule has 10 rings (SSSR count). The van der Waals surface area contributed by atoms with Crippen molar-refractivity contribution in [2.45, 2.75) is 0 Å². The first kappa shape index (κ1) is 25.4. The van der Waals surface area contributed by atoms with E-state index in [1.54, 1.807) is 0 Å². The van der Waals surface area contributed by atoms with E-state index in [1.165, 1.54) is 97.7 Å². The van der Waals surface area contributed by atoms with Crippen LogP contribution in [0.2, 0.25) is 0 Å². The lowest BCUT2D eigenvalue weighted by atomic mass is 9.86. The molecule has 0 unspecified atom stereocenters. The van der Waals surface area contributed by atoms with Gasteiger partial charge in [-0.3, -0.25) is 0 Å². The fraction of sp³-hybridized carbons (Fsp3) is 0. The van der Waals surface area contributed by atoms with Gasteiger partial charge < -0.3 is 0 Å². The van der Waals surface area contributed by atoms with Crippen molar-refractivity contribution in [3.8, 4) is 22.3 Å². The first-order chi connectivity index (χ1) is 22.8. The monoisotopic (exact) mass is 580 g/mol. The largest absolute Gasteiger partial charge is 0.0616 e. The Morgan fingerprint density at radius 3 is 1.09 bits per heavy atom. The summed E-state index contributed by atoms with van der Waals surface area (Å²) < 4.78 is 0. The zero-order valence-electron chi connectivity index (χ0n) is 25.2. The Morgan fingerprint density at radius 2 is 0.543 bits per heavy atom. The first-order valence-electron chi connectivity index (χ1n) is 16.0. The maximum Gasteiger partial charge on any atom is -0.00137 e. The average Bonchev–Trinajstić information content (AvgIpc) is 3.13. The van der Waals surface area contributed by atoms with Crippen molar-refractivity contribution in [2.24, 2.45) is 0 Å². The summed E-state index contributed by atoms with van der Waals surface area (Å²) in [5.74, 6) is 0. The van der Waals surface area contributed by atoms with E-state index < -0.39 is 0 Å². The van der Waals surface area contributed by atoms with Gasteiger partial charge in [0.05, 0.1) is 0 Å². The molecule has 0 fully saturated rings. The molecule has 46 heavy (non-hydrogen) atoms. The predicted octanol–water partition coefficient (Wildman–Crippen LogP) is 13.1. The Kier molecular flexibility index (Phi) is 5.38. The summed E-state index contributed by atoms with van der Waals surface area (Å²) in [6.07, 6.45) is 0. The van der Waals surface area contributed by atoms with Crippen LogP contribution in [0, 0.1) is 0 Å². The third-order valence-corrected chi connectivity index (χ3v) is 9.96. The van der Waals surface area contributed by atoms with Gasteiger partial charge in [0.25, 0.3) is 0 Å². The summed E-state index contributed by atoms with van der Waals surface area (Å²) in [7, 11) is 0. The molecule has 0 aliphatic heterocycles. The summed E-state index contributed by atoms with van der Waals surface area (Å²) in [6.45, 7) is 0. The molecule has 0 atom stereocenters. The summed E-state index contributed by atoms with van der Waals surface area (Å²) in [5, 5.41) is 18.2. The van der Waals surface area contributed by atoms with Gasteiger partial charge >= 0.3 is 0 Å². The number of hydrogen-bond donors (Lipinski definition) is 0. The van der Waals surface area contributed by atoms with Crippen LogP contribution in [0.5, 0.6) is 0 Å². The lowest BCUT2D eigenvalue weighted by Crippen LogP contribution is -1.89. The number of benzene rings is 10. The number of hydrogen-bond acceptors (Lipinski definition) is 0. The number of fused-ring (bicyclic) bond motifs is 13. The molecule has 212 valence electrons. The second-order valence-electron chi connectivity index (χ2n) is 12.5. The van der Waals surface area contributed by atoms with Gasteiger partial charge in [0, 0.05) is 0 Å². The first-order valence-corrected chi connectivity index (χ1v) is 16.0. The van der Waals surface area contributed by atoms with Crippen molar-refractivity contribution in [2.75, 3.05) is 0 Å². The predicted molar refractivity (Wildman–Crippen MR) is 200 cm³/mol.